The number of carboxylic acid groups (broad SMARTS) is 1. The molecule has 120 valence electrons. The van der Waals surface area contributed by atoms with E-state index in [1.807, 2.05) is 19.1 Å². The Bertz CT molecular complexity index is 756. The van der Waals surface area contributed by atoms with Gasteiger partial charge in [-0.1, -0.05) is 12.1 Å². The van der Waals surface area contributed by atoms with Crippen molar-refractivity contribution >= 4 is 33.1 Å². The van der Waals surface area contributed by atoms with Gasteiger partial charge >= 0.3 is 5.97 Å². The molecule has 0 bridgehead atoms. The lowest BCUT2D eigenvalue weighted by molar-refractivity contribution is -0.139. The van der Waals surface area contributed by atoms with Gasteiger partial charge in [0.05, 0.1) is 0 Å². The van der Waals surface area contributed by atoms with Crippen LogP contribution < -0.4 is 10.5 Å². The Morgan fingerprint density at radius 3 is 2.64 bits per heavy atom. The van der Waals surface area contributed by atoms with Crippen LogP contribution in [0.5, 0.6) is 5.75 Å². The molecule has 1 heterocycles. The highest BCUT2D eigenvalue weighted by Gasteiger charge is 2.14. The van der Waals surface area contributed by atoms with Gasteiger partial charge in [-0.25, -0.2) is 4.79 Å². The van der Waals surface area contributed by atoms with E-state index in [1.165, 1.54) is 0 Å². The van der Waals surface area contributed by atoms with Crippen molar-refractivity contribution in [3.05, 3.63) is 29.5 Å². The SMILES string of the molecule is C=S(=O)=O.Cc1oc2c(OCC(=O)O)cccc2c1CCN. The molecule has 0 aliphatic carbocycles. The molecule has 0 spiro atoms. The van der Waals surface area contributed by atoms with E-state index in [1.54, 1.807) is 6.07 Å². The first kappa shape index (κ1) is 17.7. The lowest BCUT2D eigenvalue weighted by Crippen LogP contribution is -2.09. The number of benzene rings is 1. The zero-order chi connectivity index (χ0) is 16.7. The fourth-order valence-electron chi connectivity index (χ4n) is 1.97. The maximum absolute atomic E-state index is 10.5. The standard InChI is InChI=1S/C13H15NO4.CH2O2S/c1-8-9(5-6-14)10-3-2-4-11(13(10)18-8)17-7-12(15)16;1-4(2)3/h2-4H,5-7,14H2,1H3,(H,15,16);1H2. The Hall–Kier alpha value is -2.32. The Kier molecular flexibility index (Phi) is 6.61. The number of furan rings is 1. The van der Waals surface area contributed by atoms with Crippen LogP contribution in [0.2, 0.25) is 0 Å². The molecule has 0 atom stereocenters. The van der Waals surface area contributed by atoms with Crippen LogP contribution in [0.15, 0.2) is 22.6 Å². The number of aryl methyl sites for hydroxylation is 1. The number of carboxylic acids is 1. The highest BCUT2D eigenvalue weighted by molar-refractivity contribution is 7.70. The van der Waals surface area contributed by atoms with E-state index in [4.69, 9.17) is 28.4 Å². The van der Waals surface area contributed by atoms with Gasteiger partial charge in [0.1, 0.15) is 5.76 Å². The van der Waals surface area contributed by atoms with Crippen molar-refractivity contribution < 1.29 is 27.5 Å². The van der Waals surface area contributed by atoms with Crippen molar-refractivity contribution in [2.45, 2.75) is 13.3 Å². The zero-order valence-electron chi connectivity index (χ0n) is 12.0. The van der Waals surface area contributed by atoms with Gasteiger partial charge < -0.3 is 20.0 Å². The van der Waals surface area contributed by atoms with Gasteiger partial charge in [-0.05, 0) is 26.0 Å². The number of nitrogens with two attached hydrogens (primary N) is 1. The largest absolute Gasteiger partial charge is 0.479 e. The molecule has 2 rings (SSSR count). The van der Waals surface area contributed by atoms with Crippen molar-refractivity contribution in [1.29, 1.82) is 0 Å². The monoisotopic (exact) mass is 327 g/mol. The Balaban J connectivity index is 0.000000541. The fourth-order valence-corrected chi connectivity index (χ4v) is 1.97. The zero-order valence-corrected chi connectivity index (χ0v) is 12.9. The highest BCUT2D eigenvalue weighted by Crippen LogP contribution is 2.32. The molecule has 8 heteroatoms. The smallest absolute Gasteiger partial charge is 0.341 e. The molecule has 7 nitrogen and oxygen atoms in total. The number of rotatable bonds is 5. The number of fused-ring (bicyclic) bond motifs is 1. The Labute approximate surface area is 128 Å². The molecular weight excluding hydrogens is 310 g/mol. The lowest BCUT2D eigenvalue weighted by atomic mass is 10.1. The van der Waals surface area contributed by atoms with Crippen LogP contribution in [0.25, 0.3) is 11.0 Å². The summed E-state index contributed by atoms with van der Waals surface area (Å²) in [5.41, 5.74) is 7.20. The van der Waals surface area contributed by atoms with Crippen molar-refractivity contribution in [3.8, 4) is 5.75 Å². The van der Waals surface area contributed by atoms with E-state index in [0.717, 1.165) is 23.1 Å². The predicted molar refractivity (Wildman–Crippen MR) is 82.9 cm³/mol. The molecule has 0 amide bonds. The topological polar surface area (TPSA) is 120 Å². The van der Waals surface area contributed by atoms with Gasteiger partial charge in [0.2, 0.25) is 10.3 Å². The minimum absolute atomic E-state index is 0.384. The first-order valence-corrected chi connectivity index (χ1v) is 7.55. The summed E-state index contributed by atoms with van der Waals surface area (Å²) in [6.07, 6.45) is 0.723. The quantitative estimate of drug-likeness (QED) is 0.786. The van der Waals surface area contributed by atoms with Crippen molar-refractivity contribution in [3.63, 3.8) is 0 Å². The molecular formula is C14H17NO6S. The van der Waals surface area contributed by atoms with Crippen LogP contribution in [0.4, 0.5) is 0 Å². The maximum atomic E-state index is 10.5. The summed E-state index contributed by atoms with van der Waals surface area (Å²) < 4.78 is 28.6. The van der Waals surface area contributed by atoms with E-state index in [0.29, 0.717) is 17.9 Å². The van der Waals surface area contributed by atoms with E-state index >= 15 is 0 Å². The fraction of sp³-hybridized carbons (Fsp3) is 0.286. The molecule has 1 aromatic carbocycles. The molecule has 0 fully saturated rings. The van der Waals surface area contributed by atoms with Crippen LogP contribution in [0, 0.1) is 6.92 Å². The highest BCUT2D eigenvalue weighted by atomic mass is 32.2. The van der Waals surface area contributed by atoms with Crippen LogP contribution in [-0.4, -0.2) is 38.5 Å². The number of aliphatic carboxylic acids is 1. The second-order valence-electron chi connectivity index (χ2n) is 4.29. The number of carbonyl (C=O) groups is 1. The average molecular weight is 327 g/mol. The minimum atomic E-state index is -2.11. The molecule has 0 unspecified atom stereocenters. The minimum Gasteiger partial charge on any atom is -0.479 e. The molecule has 22 heavy (non-hydrogen) atoms. The van der Waals surface area contributed by atoms with E-state index in [2.05, 4.69) is 5.87 Å². The van der Waals surface area contributed by atoms with Crippen LogP contribution in [-0.2, 0) is 21.5 Å². The molecule has 0 saturated heterocycles. The molecule has 0 aliphatic heterocycles. The van der Waals surface area contributed by atoms with Crippen molar-refractivity contribution in [2.75, 3.05) is 13.2 Å². The van der Waals surface area contributed by atoms with Gasteiger partial charge in [0.25, 0.3) is 0 Å². The van der Waals surface area contributed by atoms with Crippen molar-refractivity contribution in [1.82, 2.24) is 0 Å². The molecule has 0 saturated carbocycles. The third kappa shape index (κ3) is 4.90. The van der Waals surface area contributed by atoms with E-state index in [-0.39, 0.29) is 6.61 Å². The molecule has 1 aromatic heterocycles. The first-order valence-electron chi connectivity index (χ1n) is 6.31. The molecule has 0 radical (unpaired) electrons. The van der Waals surface area contributed by atoms with Crippen LogP contribution >= 0.6 is 0 Å². The van der Waals surface area contributed by atoms with Gasteiger partial charge in [-0.2, -0.15) is 8.42 Å². The summed E-state index contributed by atoms with van der Waals surface area (Å²) >= 11 is 0. The summed E-state index contributed by atoms with van der Waals surface area (Å²) in [6.45, 7) is 2.02. The summed E-state index contributed by atoms with van der Waals surface area (Å²) in [5, 5.41) is 9.55. The van der Waals surface area contributed by atoms with Gasteiger partial charge in [-0.3, -0.25) is 0 Å². The van der Waals surface area contributed by atoms with Gasteiger partial charge in [-0.15, -0.1) is 0 Å². The third-order valence-corrected chi connectivity index (χ3v) is 2.73. The van der Waals surface area contributed by atoms with Crippen molar-refractivity contribution in [2.24, 2.45) is 5.73 Å². The second-order valence-corrected chi connectivity index (χ2v) is 4.90. The Morgan fingerprint density at radius 2 is 2.09 bits per heavy atom. The van der Waals surface area contributed by atoms with E-state index in [9.17, 15) is 4.79 Å². The Morgan fingerprint density at radius 1 is 1.45 bits per heavy atom. The number of hydrogen-bond acceptors (Lipinski definition) is 6. The van der Waals surface area contributed by atoms with E-state index < -0.39 is 16.3 Å². The molecule has 2 aromatic rings. The summed E-state index contributed by atoms with van der Waals surface area (Å²) in [4.78, 5) is 10.5. The van der Waals surface area contributed by atoms with Gasteiger partial charge in [0.15, 0.2) is 17.9 Å². The lowest BCUT2D eigenvalue weighted by Gasteiger charge is -2.03. The third-order valence-electron chi connectivity index (χ3n) is 2.73. The van der Waals surface area contributed by atoms with Crippen LogP contribution in [0.1, 0.15) is 11.3 Å². The summed E-state index contributed by atoms with van der Waals surface area (Å²) in [5.74, 6) is 2.78. The van der Waals surface area contributed by atoms with Crippen LogP contribution in [0.3, 0.4) is 0 Å². The summed E-state index contributed by atoms with van der Waals surface area (Å²) in [6, 6.07) is 5.43. The second kappa shape index (κ2) is 8.20. The predicted octanol–water partition coefficient (Wildman–Crippen LogP) is 1.00. The summed E-state index contributed by atoms with van der Waals surface area (Å²) in [7, 11) is -2.11. The molecule has 0 aliphatic rings. The number of hydrogen-bond donors (Lipinski definition) is 2. The maximum Gasteiger partial charge on any atom is 0.341 e. The van der Waals surface area contributed by atoms with Gasteiger partial charge in [0, 0.05) is 16.8 Å². The normalized spacial score (nSPS) is 9.91. The number of ether oxygens (including phenoxy) is 1. The number of para-hydroxylation sites is 1. The molecule has 3 N–H and O–H groups in total. The first-order chi connectivity index (χ1) is 10.4. The average Bonchev–Trinajstić information content (AvgIpc) is 2.73.